The van der Waals surface area contributed by atoms with Crippen molar-refractivity contribution in [1.82, 2.24) is 0 Å². The van der Waals surface area contributed by atoms with Crippen LogP contribution in [0.4, 0.5) is 11.4 Å². The van der Waals surface area contributed by atoms with Crippen LogP contribution in [0.2, 0.25) is 0 Å². The van der Waals surface area contributed by atoms with Gasteiger partial charge in [-0.2, -0.15) is 0 Å². The van der Waals surface area contributed by atoms with E-state index in [0.717, 1.165) is 37.6 Å². The van der Waals surface area contributed by atoms with Crippen molar-refractivity contribution in [3.05, 3.63) is 140 Å². The zero-order chi connectivity index (χ0) is 36.8. The first-order valence-electron chi connectivity index (χ1n) is 17.5. The number of para-hydroxylation sites is 2. The second-order valence-corrected chi connectivity index (χ2v) is 12.3. The summed E-state index contributed by atoms with van der Waals surface area (Å²) in [5.41, 5.74) is 2.45. The van der Waals surface area contributed by atoms with E-state index in [4.69, 9.17) is 18.8 Å². The van der Waals surface area contributed by atoms with Gasteiger partial charge in [-0.3, -0.25) is 9.98 Å². The molecule has 0 aliphatic rings. The lowest BCUT2D eigenvalue weighted by Gasteiger charge is -2.23. The number of phenols is 2. The number of anilines is 2. The molecule has 0 bridgehead atoms. The summed E-state index contributed by atoms with van der Waals surface area (Å²) in [6, 6.07) is 25.9. The maximum absolute atomic E-state index is 14.0. The Morgan fingerprint density at radius 1 is 0.577 bits per heavy atom. The summed E-state index contributed by atoms with van der Waals surface area (Å²) in [6.07, 6.45) is 2.91. The van der Waals surface area contributed by atoms with E-state index in [0.29, 0.717) is 33.1 Å². The minimum atomic E-state index is -1.12. The van der Waals surface area contributed by atoms with Crippen molar-refractivity contribution in [2.45, 2.75) is 39.8 Å². The van der Waals surface area contributed by atoms with Crippen LogP contribution >= 0.6 is 0 Å². The quantitative estimate of drug-likeness (QED) is 0.0916. The Balaban J connectivity index is 1.58. The van der Waals surface area contributed by atoms with Gasteiger partial charge in [-0.25, -0.2) is 9.59 Å². The Kier molecular flexibility index (Phi) is 10.8. The van der Waals surface area contributed by atoms with Gasteiger partial charge in [0.1, 0.15) is 34.7 Å². The van der Waals surface area contributed by atoms with Gasteiger partial charge >= 0.3 is 11.3 Å². The summed E-state index contributed by atoms with van der Waals surface area (Å²) in [5.74, 6) is -0.0223. The largest absolute Gasteiger partial charge is 0.507 e. The highest BCUT2D eigenvalue weighted by molar-refractivity contribution is 5.86. The summed E-state index contributed by atoms with van der Waals surface area (Å²) in [6.45, 7) is 11.4. The topological polar surface area (TPSA) is 132 Å². The van der Waals surface area contributed by atoms with E-state index in [1.165, 1.54) is 24.6 Å². The van der Waals surface area contributed by atoms with Crippen molar-refractivity contribution in [2.75, 3.05) is 36.0 Å². The summed E-state index contributed by atoms with van der Waals surface area (Å²) < 4.78 is 11.9. The van der Waals surface area contributed by atoms with Crippen molar-refractivity contribution in [3.8, 4) is 11.5 Å². The minimum Gasteiger partial charge on any atom is -0.507 e. The molecule has 2 aromatic heterocycles. The van der Waals surface area contributed by atoms with E-state index < -0.39 is 23.3 Å². The lowest BCUT2D eigenvalue weighted by Crippen LogP contribution is -2.23. The van der Waals surface area contributed by atoms with Crippen molar-refractivity contribution in [3.63, 3.8) is 0 Å². The molecule has 0 fully saturated rings. The molecule has 6 aromatic rings. The molecule has 52 heavy (non-hydrogen) atoms. The highest BCUT2D eigenvalue weighted by atomic mass is 16.4. The third-order valence-electron chi connectivity index (χ3n) is 9.31. The van der Waals surface area contributed by atoms with Crippen molar-refractivity contribution in [1.29, 1.82) is 0 Å². The van der Waals surface area contributed by atoms with E-state index >= 15 is 0 Å². The predicted octanol–water partition coefficient (Wildman–Crippen LogP) is 8.02. The fourth-order valence-electron chi connectivity index (χ4n) is 6.39. The zero-order valence-corrected chi connectivity index (χ0v) is 29.7. The molecule has 10 nitrogen and oxygen atoms in total. The Morgan fingerprint density at radius 2 is 0.962 bits per heavy atom. The number of rotatable bonds is 13. The summed E-state index contributed by atoms with van der Waals surface area (Å²) in [7, 11) is 0. The van der Waals surface area contributed by atoms with Crippen molar-refractivity contribution < 1.29 is 19.0 Å². The third-order valence-corrected chi connectivity index (χ3v) is 9.31. The van der Waals surface area contributed by atoms with E-state index in [9.17, 15) is 19.8 Å². The Bertz CT molecular complexity index is 2210. The molecule has 0 aliphatic carbocycles. The molecule has 0 spiro atoms. The Hall–Kier alpha value is -6.16. The molecule has 0 unspecified atom stereocenters. The van der Waals surface area contributed by atoms with Crippen molar-refractivity contribution >= 4 is 45.7 Å². The first-order chi connectivity index (χ1) is 25.2. The normalized spacial score (nSPS) is 12.9. The average Bonchev–Trinajstić information content (AvgIpc) is 3.15. The highest BCUT2D eigenvalue weighted by Gasteiger charge is 2.30. The van der Waals surface area contributed by atoms with Crippen LogP contribution in [0.15, 0.2) is 125 Å². The molecular weight excluding hydrogens is 656 g/mol. The molecule has 2 N–H and O–H groups in total. The van der Waals surface area contributed by atoms with Gasteiger partial charge in [-0.15, -0.1) is 0 Å². The summed E-state index contributed by atoms with van der Waals surface area (Å²) in [4.78, 5) is 42.0. The first kappa shape index (κ1) is 35.7. The summed E-state index contributed by atoms with van der Waals surface area (Å²) in [5, 5.41) is 22.5. The number of aliphatic imine (C=N–C) groups is 2. The van der Waals surface area contributed by atoms with Gasteiger partial charge in [0.2, 0.25) is 0 Å². The molecule has 0 radical (unpaired) electrons. The van der Waals surface area contributed by atoms with Crippen LogP contribution in [0.5, 0.6) is 11.5 Å². The average molecular weight is 699 g/mol. The maximum Gasteiger partial charge on any atom is 0.341 e. The standard InChI is InChI=1S/C42H42N4O6/c1-5-45(6-2)31-19-17-27-21-33(41(49)51-37(27)23-31)39(43-25-29-13-9-11-15-35(29)47)40(44-26-30-14-10-12-16-36(30)48)34-22-28-18-20-32(46(7-3)8-4)24-38(28)52-42(34)50/h9-26,39-40,47-48H,5-8H2,1-4H3/t39-,40-/m0/s1. The fraction of sp³-hybridized carbons (Fsp3) is 0.238. The molecule has 0 amide bonds. The number of fused-ring (bicyclic) bond motifs is 2. The number of hydrogen-bond donors (Lipinski definition) is 2. The van der Waals surface area contributed by atoms with E-state index in [-0.39, 0.29) is 22.6 Å². The van der Waals surface area contributed by atoms with Crippen molar-refractivity contribution in [2.24, 2.45) is 9.98 Å². The van der Waals surface area contributed by atoms with Crippen LogP contribution in [0.1, 0.15) is 62.0 Å². The maximum atomic E-state index is 14.0. The number of aromatic hydroxyl groups is 2. The lowest BCUT2D eigenvalue weighted by atomic mass is 9.94. The van der Waals surface area contributed by atoms with Crippen LogP contribution in [0.25, 0.3) is 21.9 Å². The molecule has 0 saturated heterocycles. The Labute approximate surface area is 301 Å². The number of benzene rings is 4. The number of hydrogen-bond acceptors (Lipinski definition) is 10. The van der Waals surface area contributed by atoms with Gasteiger partial charge in [0.25, 0.3) is 0 Å². The predicted molar refractivity (Wildman–Crippen MR) is 209 cm³/mol. The second kappa shape index (κ2) is 15.8. The fourth-order valence-corrected chi connectivity index (χ4v) is 6.39. The molecule has 6 rings (SSSR count). The van der Waals surface area contributed by atoms with Crippen LogP contribution < -0.4 is 21.1 Å². The molecule has 0 saturated carbocycles. The second-order valence-electron chi connectivity index (χ2n) is 12.3. The minimum absolute atomic E-state index is 0.0111. The first-order valence-corrected chi connectivity index (χ1v) is 17.5. The molecule has 4 aromatic carbocycles. The van der Waals surface area contributed by atoms with Gasteiger partial charge < -0.3 is 28.8 Å². The van der Waals surface area contributed by atoms with Crippen LogP contribution in [0.3, 0.4) is 0 Å². The van der Waals surface area contributed by atoms with Gasteiger partial charge in [0, 0.05) is 84.0 Å². The smallest absolute Gasteiger partial charge is 0.341 e. The summed E-state index contributed by atoms with van der Waals surface area (Å²) >= 11 is 0. The van der Waals surface area contributed by atoms with Crippen LogP contribution in [-0.2, 0) is 0 Å². The SMILES string of the molecule is CCN(CC)c1ccc2cc([C@H](N=Cc3ccccc3O)[C@@H](N=Cc3ccccc3O)c3cc4ccc(N(CC)CC)cc4oc3=O)c(=O)oc2c1. The molecule has 2 atom stereocenters. The van der Waals surface area contributed by atoms with Crippen LogP contribution in [0, 0.1) is 0 Å². The number of nitrogens with zero attached hydrogens (tertiary/aromatic N) is 4. The van der Waals surface area contributed by atoms with Gasteiger partial charge in [0.15, 0.2) is 0 Å². The number of phenolic OH excluding ortho intramolecular Hbond substituents is 2. The van der Waals surface area contributed by atoms with Crippen LogP contribution in [-0.4, -0.2) is 48.8 Å². The lowest BCUT2D eigenvalue weighted by molar-refractivity contribution is 0.472. The third kappa shape index (κ3) is 7.46. The molecule has 0 aliphatic heterocycles. The van der Waals surface area contributed by atoms with E-state index in [1.54, 1.807) is 48.5 Å². The zero-order valence-electron chi connectivity index (χ0n) is 29.7. The highest BCUT2D eigenvalue weighted by Crippen LogP contribution is 2.36. The Morgan fingerprint density at radius 3 is 1.33 bits per heavy atom. The molecule has 10 heteroatoms. The van der Waals surface area contributed by atoms with E-state index in [1.807, 2.05) is 36.4 Å². The van der Waals surface area contributed by atoms with Gasteiger partial charge in [-0.1, -0.05) is 24.3 Å². The monoisotopic (exact) mass is 698 g/mol. The van der Waals surface area contributed by atoms with Gasteiger partial charge in [-0.05, 0) is 88.4 Å². The van der Waals surface area contributed by atoms with Gasteiger partial charge in [0.05, 0.1) is 11.1 Å². The van der Waals surface area contributed by atoms with E-state index in [2.05, 4.69) is 37.5 Å². The molecule has 2 heterocycles. The molecule has 266 valence electrons. The molecular formula is C42H42N4O6.